The first kappa shape index (κ1) is 25.3. The number of halogens is 5. The Kier molecular flexibility index (Phi) is 6.50. The molecule has 1 fully saturated rings. The number of amides is 1. The Bertz CT molecular complexity index is 1420. The zero-order valence-corrected chi connectivity index (χ0v) is 20.6. The van der Waals surface area contributed by atoms with Crippen LogP contribution in [0.25, 0.3) is 5.57 Å². The van der Waals surface area contributed by atoms with Gasteiger partial charge in [-0.1, -0.05) is 24.3 Å². The molecule has 3 heterocycles. The highest BCUT2D eigenvalue weighted by molar-refractivity contribution is 9.10. The number of alkyl halides is 3. The quantitative estimate of drug-likeness (QED) is 0.322. The van der Waals surface area contributed by atoms with Crippen LogP contribution in [0.2, 0.25) is 0 Å². The van der Waals surface area contributed by atoms with Crippen LogP contribution >= 0.6 is 15.9 Å². The standard InChI is InChI=1S/C25H20BrF4N5O2/c26-20-11-19(25(28,29)30)34-35(20)13-21(36)33-18(10-14-3-1-4-16(27)9-14)22-17(5-2-8-32-22)15-6-7-24(12-15)23(31)37-24/h1-9,11-12,18,23H,10,13,31H2,(H,33,36)/t18-,23?,24?/m0/s1. The number of allylic oxidation sites excluding steroid dienone is 2. The molecule has 3 aromatic rings. The Morgan fingerprint density at radius 2 is 2.05 bits per heavy atom. The molecule has 2 aliphatic rings. The van der Waals surface area contributed by atoms with Crippen LogP contribution in [0.1, 0.15) is 28.6 Å². The van der Waals surface area contributed by atoms with E-state index in [2.05, 4.69) is 31.3 Å². The summed E-state index contributed by atoms with van der Waals surface area (Å²) in [5.74, 6) is -1.04. The van der Waals surface area contributed by atoms with Crippen molar-refractivity contribution in [1.82, 2.24) is 20.1 Å². The van der Waals surface area contributed by atoms with Gasteiger partial charge in [0, 0.05) is 17.8 Å². The zero-order valence-electron chi connectivity index (χ0n) is 19.0. The molecule has 2 aromatic heterocycles. The third kappa shape index (κ3) is 5.36. The van der Waals surface area contributed by atoms with Gasteiger partial charge in [0.1, 0.15) is 28.8 Å². The fraction of sp³-hybridized carbons (Fsp3) is 0.240. The lowest BCUT2D eigenvalue weighted by Crippen LogP contribution is -2.34. The molecule has 192 valence electrons. The number of nitrogens with zero attached hydrogens (tertiary/aromatic N) is 3. The maximum atomic E-state index is 13.9. The van der Waals surface area contributed by atoms with E-state index < -0.39 is 48.0 Å². The summed E-state index contributed by atoms with van der Waals surface area (Å²) in [6.45, 7) is -0.479. The lowest BCUT2D eigenvalue weighted by molar-refractivity contribution is -0.141. The van der Waals surface area contributed by atoms with Crippen LogP contribution in [0, 0.1) is 5.82 Å². The molecule has 1 aliphatic carbocycles. The summed E-state index contributed by atoms with van der Waals surface area (Å²) in [5, 5.41) is 6.32. The first-order chi connectivity index (χ1) is 17.5. The van der Waals surface area contributed by atoms with Gasteiger partial charge < -0.3 is 15.8 Å². The van der Waals surface area contributed by atoms with Crippen LogP contribution in [0.15, 0.2) is 71.5 Å². The summed E-state index contributed by atoms with van der Waals surface area (Å²) in [6.07, 6.45) is 2.22. The Hall–Kier alpha value is -3.35. The van der Waals surface area contributed by atoms with Crippen molar-refractivity contribution in [2.45, 2.75) is 37.0 Å². The number of carbonyl (C=O) groups is 1. The van der Waals surface area contributed by atoms with E-state index in [9.17, 15) is 22.4 Å². The minimum absolute atomic E-state index is 0.00231. The second-order valence-electron chi connectivity index (χ2n) is 8.72. The number of carbonyl (C=O) groups excluding carboxylic acids is 1. The maximum absolute atomic E-state index is 13.9. The van der Waals surface area contributed by atoms with Crippen molar-refractivity contribution in [2.75, 3.05) is 0 Å². The van der Waals surface area contributed by atoms with Crippen molar-refractivity contribution in [3.63, 3.8) is 0 Å². The summed E-state index contributed by atoms with van der Waals surface area (Å²) in [5.41, 5.74) is 6.70. The van der Waals surface area contributed by atoms with Crippen LogP contribution in [0.4, 0.5) is 17.6 Å². The van der Waals surface area contributed by atoms with Gasteiger partial charge in [0.15, 0.2) is 5.69 Å². The monoisotopic (exact) mass is 577 g/mol. The number of hydrogen-bond donors (Lipinski definition) is 2. The minimum Gasteiger partial charge on any atom is -0.346 e. The largest absolute Gasteiger partial charge is 0.435 e. The highest BCUT2D eigenvalue weighted by Crippen LogP contribution is 2.44. The second-order valence-corrected chi connectivity index (χ2v) is 9.54. The molecule has 3 N–H and O–H groups in total. The summed E-state index contributed by atoms with van der Waals surface area (Å²) in [7, 11) is 0. The highest BCUT2D eigenvalue weighted by atomic mass is 79.9. The number of pyridine rings is 1. The predicted molar refractivity (Wildman–Crippen MR) is 129 cm³/mol. The molecule has 1 aliphatic heterocycles. The number of ether oxygens (including phenoxy) is 1. The van der Waals surface area contributed by atoms with Gasteiger partial charge in [-0.25, -0.2) is 9.07 Å². The third-order valence-corrected chi connectivity index (χ3v) is 6.72. The van der Waals surface area contributed by atoms with E-state index in [4.69, 9.17) is 10.5 Å². The Morgan fingerprint density at radius 3 is 2.70 bits per heavy atom. The molecule has 1 saturated heterocycles. The van der Waals surface area contributed by atoms with Crippen molar-refractivity contribution in [1.29, 1.82) is 0 Å². The van der Waals surface area contributed by atoms with Crippen LogP contribution in [-0.4, -0.2) is 32.5 Å². The molecule has 7 nitrogen and oxygen atoms in total. The number of nitrogens with one attached hydrogen (secondary N) is 1. The number of epoxide rings is 1. The van der Waals surface area contributed by atoms with E-state index in [0.29, 0.717) is 16.8 Å². The molecule has 3 atom stereocenters. The molecule has 1 amide bonds. The van der Waals surface area contributed by atoms with E-state index >= 15 is 0 Å². The van der Waals surface area contributed by atoms with E-state index in [-0.39, 0.29) is 11.0 Å². The number of hydrogen-bond acceptors (Lipinski definition) is 5. The summed E-state index contributed by atoms with van der Waals surface area (Å²) < 4.78 is 59.4. The topological polar surface area (TPSA) is 98.4 Å². The van der Waals surface area contributed by atoms with Crippen molar-refractivity contribution in [3.05, 3.63) is 99.8 Å². The Balaban J connectivity index is 1.45. The fourth-order valence-corrected chi connectivity index (χ4v) is 4.66. The first-order valence-electron chi connectivity index (χ1n) is 11.2. The Labute approximate surface area is 217 Å². The van der Waals surface area contributed by atoms with Crippen LogP contribution in [0.3, 0.4) is 0 Å². The molecule has 12 heteroatoms. The smallest absolute Gasteiger partial charge is 0.346 e. The molecule has 37 heavy (non-hydrogen) atoms. The third-order valence-electron chi connectivity index (χ3n) is 6.08. The average molecular weight is 578 g/mol. The molecule has 1 spiro atoms. The molecular weight excluding hydrogens is 558 g/mol. The molecule has 5 rings (SSSR count). The number of aromatic nitrogens is 3. The van der Waals surface area contributed by atoms with Gasteiger partial charge in [0.05, 0.1) is 11.7 Å². The highest BCUT2D eigenvalue weighted by Gasteiger charge is 2.52. The second kappa shape index (κ2) is 9.51. The number of benzene rings is 1. The molecule has 2 unspecified atom stereocenters. The average Bonchev–Trinajstić information content (AvgIpc) is 3.13. The SMILES string of the molecule is NC1OC12C=CC(c1cccnc1[C@H](Cc1cccc(F)c1)NC(=O)Cn1nc(C(F)(F)F)cc1Br)=C2. The fourth-order valence-electron chi connectivity index (χ4n) is 4.24. The van der Waals surface area contributed by atoms with Crippen molar-refractivity contribution >= 4 is 27.4 Å². The van der Waals surface area contributed by atoms with Crippen molar-refractivity contribution in [2.24, 2.45) is 5.73 Å². The van der Waals surface area contributed by atoms with Gasteiger partial charge >= 0.3 is 6.18 Å². The number of rotatable bonds is 7. The van der Waals surface area contributed by atoms with Gasteiger partial charge in [-0.15, -0.1) is 0 Å². The summed E-state index contributed by atoms with van der Waals surface area (Å²) in [6, 6.07) is 9.56. The van der Waals surface area contributed by atoms with Gasteiger partial charge in [-0.2, -0.15) is 18.3 Å². The molecule has 0 saturated carbocycles. The normalized spacial score (nSPS) is 21.2. The van der Waals surface area contributed by atoms with Crippen molar-refractivity contribution in [3.8, 4) is 0 Å². The maximum Gasteiger partial charge on any atom is 0.435 e. The predicted octanol–water partition coefficient (Wildman–Crippen LogP) is 4.31. The van der Waals surface area contributed by atoms with Gasteiger partial charge in [0.2, 0.25) is 5.91 Å². The zero-order chi connectivity index (χ0) is 26.4. The molecule has 1 aromatic carbocycles. The van der Waals surface area contributed by atoms with E-state index in [1.54, 1.807) is 24.4 Å². The molecule has 0 radical (unpaired) electrons. The van der Waals surface area contributed by atoms with Gasteiger partial charge in [-0.05, 0) is 63.8 Å². The van der Waals surface area contributed by atoms with E-state index in [1.807, 2.05) is 24.3 Å². The van der Waals surface area contributed by atoms with Gasteiger partial charge in [0.25, 0.3) is 0 Å². The van der Waals surface area contributed by atoms with Crippen LogP contribution < -0.4 is 11.1 Å². The Morgan fingerprint density at radius 1 is 1.27 bits per heavy atom. The molecular formula is C25H20BrF4N5O2. The van der Waals surface area contributed by atoms with E-state index in [0.717, 1.165) is 16.3 Å². The summed E-state index contributed by atoms with van der Waals surface area (Å²) >= 11 is 3.02. The molecule has 0 bridgehead atoms. The van der Waals surface area contributed by atoms with Crippen LogP contribution in [-0.2, 0) is 28.7 Å². The lowest BCUT2D eigenvalue weighted by Gasteiger charge is -2.22. The van der Waals surface area contributed by atoms with E-state index in [1.165, 1.54) is 12.1 Å². The summed E-state index contributed by atoms with van der Waals surface area (Å²) in [4.78, 5) is 17.5. The first-order valence-corrected chi connectivity index (χ1v) is 12.0. The minimum atomic E-state index is -4.65. The van der Waals surface area contributed by atoms with Gasteiger partial charge in [-0.3, -0.25) is 9.78 Å². The van der Waals surface area contributed by atoms with Crippen LogP contribution in [0.5, 0.6) is 0 Å². The van der Waals surface area contributed by atoms with Crippen molar-refractivity contribution < 1.29 is 27.1 Å². The lowest BCUT2D eigenvalue weighted by atomic mass is 9.95. The number of nitrogens with two attached hydrogens (primary N) is 1.